The second kappa shape index (κ2) is 6.81. The van der Waals surface area contributed by atoms with Gasteiger partial charge >= 0.3 is 0 Å². The third-order valence-electron chi connectivity index (χ3n) is 3.52. The van der Waals surface area contributed by atoms with Crippen molar-refractivity contribution in [2.75, 3.05) is 6.79 Å². The molecule has 2 aromatic rings. The molecular formula is C15H12ClN3O6S. The fourth-order valence-corrected chi connectivity index (χ4v) is 3.32. The molecule has 2 aromatic carbocycles. The minimum absolute atomic E-state index is 0.0501. The Balaban J connectivity index is 1.81. The quantitative estimate of drug-likeness (QED) is 0.470. The lowest BCUT2D eigenvalue weighted by molar-refractivity contribution is -0.385. The topological polar surface area (TPSA) is 120 Å². The minimum Gasteiger partial charge on any atom is -0.454 e. The number of rotatable bonds is 5. The van der Waals surface area contributed by atoms with Crippen molar-refractivity contribution in [1.29, 1.82) is 0 Å². The zero-order chi connectivity index (χ0) is 18.9. The fraction of sp³-hybridized carbons (Fsp3) is 0.133. The molecule has 0 radical (unpaired) electrons. The lowest BCUT2D eigenvalue weighted by atomic mass is 10.2. The second-order valence-corrected chi connectivity index (χ2v) is 7.36. The summed E-state index contributed by atoms with van der Waals surface area (Å²) in [5, 5.41) is 14.9. The van der Waals surface area contributed by atoms with Crippen molar-refractivity contribution in [2.24, 2.45) is 5.10 Å². The summed E-state index contributed by atoms with van der Waals surface area (Å²) >= 11 is 6.03. The van der Waals surface area contributed by atoms with Crippen molar-refractivity contribution in [1.82, 2.24) is 4.83 Å². The number of halogens is 1. The summed E-state index contributed by atoms with van der Waals surface area (Å²) in [6.45, 7) is 1.57. The predicted molar refractivity (Wildman–Crippen MR) is 93.3 cm³/mol. The molecule has 3 rings (SSSR count). The number of nitro groups is 1. The maximum Gasteiger partial charge on any atom is 0.276 e. The molecule has 0 amide bonds. The molecule has 0 unspecified atom stereocenters. The lowest BCUT2D eigenvalue weighted by Crippen LogP contribution is -2.18. The van der Waals surface area contributed by atoms with Crippen LogP contribution in [0.5, 0.6) is 11.5 Å². The number of hydrogen-bond acceptors (Lipinski definition) is 7. The molecule has 1 aliphatic heterocycles. The number of benzene rings is 2. The van der Waals surface area contributed by atoms with Gasteiger partial charge in [0.2, 0.25) is 6.79 Å². The number of nitro benzene ring substituents is 1. The molecule has 0 bridgehead atoms. The third kappa shape index (κ3) is 3.55. The van der Waals surface area contributed by atoms with Crippen LogP contribution in [0.1, 0.15) is 11.1 Å². The third-order valence-corrected chi connectivity index (χ3v) is 5.02. The summed E-state index contributed by atoms with van der Waals surface area (Å²) in [7, 11) is -4.07. The Bertz CT molecular complexity index is 1020. The predicted octanol–water partition coefficient (Wildman–Crippen LogP) is 2.60. The van der Waals surface area contributed by atoms with Gasteiger partial charge in [-0.3, -0.25) is 10.1 Å². The van der Waals surface area contributed by atoms with Crippen molar-refractivity contribution < 1.29 is 22.8 Å². The summed E-state index contributed by atoms with van der Waals surface area (Å²) in [5.41, 5.74) is 0.545. The van der Waals surface area contributed by atoms with E-state index in [9.17, 15) is 18.5 Å². The van der Waals surface area contributed by atoms with Crippen LogP contribution in [0.3, 0.4) is 0 Å². The highest BCUT2D eigenvalue weighted by Gasteiger charge is 2.20. The van der Waals surface area contributed by atoms with Gasteiger partial charge in [0, 0.05) is 11.6 Å². The molecule has 26 heavy (non-hydrogen) atoms. The van der Waals surface area contributed by atoms with Crippen molar-refractivity contribution in [3.8, 4) is 11.5 Å². The van der Waals surface area contributed by atoms with Gasteiger partial charge in [-0.2, -0.15) is 13.5 Å². The fourth-order valence-electron chi connectivity index (χ4n) is 2.24. The molecule has 1 N–H and O–H groups in total. The number of sulfonamides is 1. The second-order valence-electron chi connectivity index (χ2n) is 5.29. The minimum atomic E-state index is -4.07. The Morgan fingerprint density at radius 3 is 2.81 bits per heavy atom. The molecule has 11 heteroatoms. The summed E-state index contributed by atoms with van der Waals surface area (Å²) in [4.78, 5) is 12.0. The largest absolute Gasteiger partial charge is 0.454 e. The average molecular weight is 398 g/mol. The Hall–Kier alpha value is -2.85. The number of nitrogens with zero attached hydrogens (tertiary/aromatic N) is 2. The maximum absolute atomic E-state index is 12.2. The van der Waals surface area contributed by atoms with E-state index in [0.717, 1.165) is 6.07 Å². The zero-order valence-corrected chi connectivity index (χ0v) is 14.9. The molecule has 1 heterocycles. The summed E-state index contributed by atoms with van der Waals surface area (Å²) in [6.07, 6.45) is 1.23. The first-order valence-electron chi connectivity index (χ1n) is 7.17. The van der Waals surface area contributed by atoms with Gasteiger partial charge in [-0.15, -0.1) is 0 Å². The van der Waals surface area contributed by atoms with Crippen LogP contribution in [0.15, 0.2) is 40.3 Å². The number of fused-ring (bicyclic) bond motifs is 1. The first-order valence-corrected chi connectivity index (χ1v) is 9.03. The first-order chi connectivity index (χ1) is 12.3. The monoisotopic (exact) mass is 397 g/mol. The van der Waals surface area contributed by atoms with Crippen molar-refractivity contribution in [3.05, 3.63) is 56.6 Å². The Morgan fingerprint density at radius 2 is 2.08 bits per heavy atom. The Kier molecular flexibility index (Phi) is 4.70. The molecule has 9 nitrogen and oxygen atoms in total. The number of hydrogen-bond donors (Lipinski definition) is 1. The van der Waals surface area contributed by atoms with E-state index in [1.807, 2.05) is 4.83 Å². The molecular weight excluding hydrogens is 386 g/mol. The average Bonchev–Trinajstić information content (AvgIpc) is 3.03. The van der Waals surface area contributed by atoms with E-state index in [0.29, 0.717) is 27.6 Å². The molecule has 0 saturated carbocycles. The molecule has 0 saturated heterocycles. The Morgan fingerprint density at radius 1 is 1.31 bits per heavy atom. The number of nitrogens with one attached hydrogen (secondary N) is 1. The van der Waals surface area contributed by atoms with E-state index in [2.05, 4.69) is 5.10 Å². The van der Waals surface area contributed by atoms with Gasteiger partial charge in [0.15, 0.2) is 11.5 Å². The lowest BCUT2D eigenvalue weighted by Gasteiger charge is -2.05. The zero-order valence-electron chi connectivity index (χ0n) is 13.3. The van der Waals surface area contributed by atoms with Crippen LogP contribution >= 0.6 is 11.6 Å². The van der Waals surface area contributed by atoms with Gasteiger partial charge in [-0.25, -0.2) is 4.83 Å². The highest BCUT2D eigenvalue weighted by atomic mass is 35.5. The van der Waals surface area contributed by atoms with Crippen molar-refractivity contribution >= 4 is 33.5 Å². The standard InChI is InChI=1S/C15H12ClN3O6S/c1-9-2-3-11(6-13(9)19(20)21)26(22,23)18-17-7-10-4-12(16)15-14(5-10)24-8-25-15/h2-7,18H,8H2,1H3/b17-7-. The van der Waals surface area contributed by atoms with Crippen LogP contribution in [0.2, 0.25) is 5.02 Å². The van der Waals surface area contributed by atoms with E-state index in [1.54, 1.807) is 6.07 Å². The molecule has 1 aliphatic rings. The maximum atomic E-state index is 12.2. The first kappa shape index (κ1) is 18.0. The molecule has 0 aromatic heterocycles. The highest BCUT2D eigenvalue weighted by molar-refractivity contribution is 7.89. The van der Waals surface area contributed by atoms with Gasteiger partial charge in [-0.05, 0) is 30.7 Å². The van der Waals surface area contributed by atoms with E-state index in [4.69, 9.17) is 21.1 Å². The van der Waals surface area contributed by atoms with Crippen LogP contribution in [0, 0.1) is 17.0 Å². The SMILES string of the molecule is Cc1ccc(S(=O)(=O)N/N=C\c2cc(Cl)c3c(c2)OCO3)cc1[N+](=O)[O-]. The smallest absolute Gasteiger partial charge is 0.276 e. The van der Waals surface area contributed by atoms with Crippen LogP contribution in [-0.2, 0) is 10.0 Å². The Labute approximate surface area is 153 Å². The van der Waals surface area contributed by atoms with E-state index < -0.39 is 14.9 Å². The van der Waals surface area contributed by atoms with Gasteiger partial charge in [0.1, 0.15) is 0 Å². The highest BCUT2D eigenvalue weighted by Crippen LogP contribution is 2.39. The van der Waals surface area contributed by atoms with E-state index in [-0.39, 0.29) is 17.4 Å². The van der Waals surface area contributed by atoms with E-state index in [1.165, 1.54) is 31.3 Å². The summed E-state index contributed by atoms with van der Waals surface area (Å²) in [5.74, 6) is 0.840. The molecule has 0 aliphatic carbocycles. The van der Waals surface area contributed by atoms with Crippen LogP contribution < -0.4 is 14.3 Å². The molecule has 136 valence electrons. The summed E-state index contributed by atoms with van der Waals surface area (Å²) in [6, 6.07) is 6.71. The van der Waals surface area contributed by atoms with Gasteiger partial charge in [0.05, 0.1) is 21.1 Å². The molecule has 0 fully saturated rings. The molecule has 0 atom stereocenters. The van der Waals surface area contributed by atoms with Gasteiger partial charge < -0.3 is 9.47 Å². The van der Waals surface area contributed by atoms with Gasteiger partial charge in [0.25, 0.3) is 15.7 Å². The van der Waals surface area contributed by atoms with Crippen molar-refractivity contribution in [2.45, 2.75) is 11.8 Å². The molecule has 0 spiro atoms. The van der Waals surface area contributed by atoms with E-state index >= 15 is 0 Å². The van der Waals surface area contributed by atoms with Crippen molar-refractivity contribution in [3.63, 3.8) is 0 Å². The number of hydrazone groups is 1. The summed E-state index contributed by atoms with van der Waals surface area (Å²) < 4.78 is 34.9. The number of aryl methyl sites for hydroxylation is 1. The number of ether oxygens (including phenoxy) is 2. The van der Waals surface area contributed by atoms with Gasteiger partial charge in [-0.1, -0.05) is 17.7 Å². The van der Waals surface area contributed by atoms with Crippen LogP contribution in [0.25, 0.3) is 0 Å². The normalized spacial score (nSPS) is 13.2. The van der Waals surface area contributed by atoms with Crippen LogP contribution in [0.4, 0.5) is 5.69 Å². The van der Waals surface area contributed by atoms with Crippen LogP contribution in [-0.4, -0.2) is 26.3 Å².